The monoisotopic (exact) mass is 252 g/mol. The van der Waals surface area contributed by atoms with Gasteiger partial charge in [0.2, 0.25) is 5.91 Å². The largest absolute Gasteiger partial charge is 0.356 e. The molecule has 1 amide bonds. The van der Waals surface area contributed by atoms with E-state index in [2.05, 4.69) is 17.6 Å². The van der Waals surface area contributed by atoms with Crippen molar-refractivity contribution in [3.63, 3.8) is 0 Å². The van der Waals surface area contributed by atoms with E-state index in [1.807, 2.05) is 0 Å². The van der Waals surface area contributed by atoms with Crippen LogP contribution in [-0.2, 0) is 4.79 Å². The summed E-state index contributed by atoms with van der Waals surface area (Å²) in [6, 6.07) is 0. The Labute approximate surface area is 111 Å². The molecule has 3 heteroatoms. The lowest BCUT2D eigenvalue weighted by Gasteiger charge is -2.27. The van der Waals surface area contributed by atoms with Gasteiger partial charge in [-0.1, -0.05) is 26.2 Å². The van der Waals surface area contributed by atoms with E-state index in [4.69, 9.17) is 0 Å². The highest BCUT2D eigenvalue weighted by Gasteiger charge is 2.22. The molecule has 18 heavy (non-hydrogen) atoms. The minimum absolute atomic E-state index is 0.261. The lowest BCUT2D eigenvalue weighted by molar-refractivity contribution is -0.125. The highest BCUT2D eigenvalue weighted by Crippen LogP contribution is 2.30. The van der Waals surface area contributed by atoms with E-state index in [1.54, 1.807) is 0 Å². The van der Waals surface area contributed by atoms with Crippen LogP contribution in [0.4, 0.5) is 0 Å². The quantitative estimate of drug-likeness (QED) is 0.806. The molecule has 0 aromatic carbocycles. The van der Waals surface area contributed by atoms with Gasteiger partial charge in [0.05, 0.1) is 0 Å². The molecule has 1 aliphatic carbocycles. The fourth-order valence-corrected chi connectivity index (χ4v) is 3.45. The lowest BCUT2D eigenvalue weighted by Crippen LogP contribution is -2.38. The maximum absolute atomic E-state index is 12.0. The van der Waals surface area contributed by atoms with Crippen LogP contribution in [0.25, 0.3) is 0 Å². The first-order valence-electron chi connectivity index (χ1n) is 7.74. The Bertz CT molecular complexity index is 261. The van der Waals surface area contributed by atoms with Crippen LogP contribution in [0.1, 0.15) is 51.9 Å². The fourth-order valence-electron chi connectivity index (χ4n) is 3.45. The van der Waals surface area contributed by atoms with Crippen molar-refractivity contribution in [2.75, 3.05) is 19.6 Å². The van der Waals surface area contributed by atoms with Crippen LogP contribution in [0, 0.1) is 17.8 Å². The van der Waals surface area contributed by atoms with Crippen molar-refractivity contribution in [3.05, 3.63) is 0 Å². The number of rotatable bonds is 4. The van der Waals surface area contributed by atoms with Gasteiger partial charge in [0.25, 0.3) is 0 Å². The van der Waals surface area contributed by atoms with Crippen molar-refractivity contribution in [3.8, 4) is 0 Å². The molecule has 1 saturated heterocycles. The highest BCUT2D eigenvalue weighted by atomic mass is 16.1. The standard InChI is InChI=1S/C15H28N2O/c1-12-3-2-4-13(11-12)5-10-17-15(18)14-6-8-16-9-7-14/h12-14,16H,2-11H2,1H3,(H,17,18). The van der Waals surface area contributed by atoms with E-state index in [1.165, 1.54) is 32.1 Å². The van der Waals surface area contributed by atoms with Crippen LogP contribution in [0.2, 0.25) is 0 Å². The van der Waals surface area contributed by atoms with Crippen LogP contribution in [0.15, 0.2) is 0 Å². The van der Waals surface area contributed by atoms with Gasteiger partial charge in [0, 0.05) is 12.5 Å². The number of piperidine rings is 1. The average molecular weight is 252 g/mol. The summed E-state index contributed by atoms with van der Waals surface area (Å²) < 4.78 is 0. The second-order valence-corrected chi connectivity index (χ2v) is 6.24. The van der Waals surface area contributed by atoms with E-state index in [9.17, 15) is 4.79 Å². The third-order valence-electron chi connectivity index (χ3n) is 4.61. The zero-order chi connectivity index (χ0) is 12.8. The maximum atomic E-state index is 12.0. The number of hydrogen-bond donors (Lipinski definition) is 2. The van der Waals surface area contributed by atoms with E-state index in [0.29, 0.717) is 5.91 Å². The number of hydrogen-bond acceptors (Lipinski definition) is 2. The number of carbonyl (C=O) groups excluding carboxylic acids is 1. The molecule has 0 aromatic rings. The zero-order valence-electron chi connectivity index (χ0n) is 11.7. The smallest absolute Gasteiger partial charge is 0.223 e. The van der Waals surface area contributed by atoms with Crippen molar-refractivity contribution in [2.24, 2.45) is 17.8 Å². The minimum atomic E-state index is 0.261. The van der Waals surface area contributed by atoms with Crippen molar-refractivity contribution < 1.29 is 4.79 Å². The number of carbonyl (C=O) groups is 1. The summed E-state index contributed by atoms with van der Waals surface area (Å²) in [7, 11) is 0. The van der Waals surface area contributed by atoms with Crippen molar-refractivity contribution in [1.82, 2.24) is 10.6 Å². The fraction of sp³-hybridized carbons (Fsp3) is 0.933. The highest BCUT2D eigenvalue weighted by molar-refractivity contribution is 5.78. The summed E-state index contributed by atoms with van der Waals surface area (Å²) in [4.78, 5) is 12.0. The summed E-state index contributed by atoms with van der Waals surface area (Å²) in [6.45, 7) is 5.25. The molecule has 2 N–H and O–H groups in total. The molecular weight excluding hydrogens is 224 g/mol. The van der Waals surface area contributed by atoms with Crippen molar-refractivity contribution in [1.29, 1.82) is 0 Å². The molecule has 0 radical (unpaired) electrons. The molecule has 104 valence electrons. The molecule has 2 unspecified atom stereocenters. The van der Waals surface area contributed by atoms with Gasteiger partial charge in [-0.3, -0.25) is 4.79 Å². The normalized spacial score (nSPS) is 30.1. The Morgan fingerprint density at radius 2 is 2.00 bits per heavy atom. The molecule has 2 rings (SSSR count). The first-order chi connectivity index (χ1) is 8.75. The predicted octanol–water partition coefficient (Wildman–Crippen LogP) is 2.32. The number of nitrogens with one attached hydrogen (secondary N) is 2. The SMILES string of the molecule is CC1CCCC(CCNC(=O)C2CCNCC2)C1. The van der Waals surface area contributed by atoms with Crippen molar-refractivity contribution >= 4 is 5.91 Å². The van der Waals surface area contributed by atoms with Crippen molar-refractivity contribution in [2.45, 2.75) is 51.9 Å². The first-order valence-corrected chi connectivity index (χ1v) is 7.74. The van der Waals surface area contributed by atoms with Crippen LogP contribution in [-0.4, -0.2) is 25.5 Å². The van der Waals surface area contributed by atoms with E-state index in [0.717, 1.165) is 44.3 Å². The summed E-state index contributed by atoms with van der Waals surface area (Å²) in [5.74, 6) is 2.29. The Kier molecular flexibility index (Phi) is 5.48. The van der Waals surface area contributed by atoms with Gasteiger partial charge < -0.3 is 10.6 Å². The molecule has 1 saturated carbocycles. The zero-order valence-corrected chi connectivity index (χ0v) is 11.7. The first kappa shape index (κ1) is 13.9. The molecular formula is C15H28N2O. The molecule has 2 aliphatic rings. The molecule has 3 nitrogen and oxygen atoms in total. The second kappa shape index (κ2) is 7.13. The van der Waals surface area contributed by atoms with Crippen LogP contribution in [0.5, 0.6) is 0 Å². The summed E-state index contributed by atoms with van der Waals surface area (Å²) in [6.07, 6.45) is 8.71. The minimum Gasteiger partial charge on any atom is -0.356 e. The van der Waals surface area contributed by atoms with Gasteiger partial charge in [-0.15, -0.1) is 0 Å². The Balaban J connectivity index is 1.60. The van der Waals surface area contributed by atoms with Gasteiger partial charge >= 0.3 is 0 Å². The predicted molar refractivity (Wildman–Crippen MR) is 74.3 cm³/mol. The van der Waals surface area contributed by atoms with Gasteiger partial charge in [0.1, 0.15) is 0 Å². The number of amides is 1. The molecule has 1 heterocycles. The van der Waals surface area contributed by atoms with Gasteiger partial charge in [-0.05, 0) is 50.6 Å². The van der Waals surface area contributed by atoms with E-state index >= 15 is 0 Å². The summed E-state index contributed by atoms with van der Waals surface area (Å²) in [5, 5.41) is 6.45. The molecule has 1 aliphatic heterocycles. The summed E-state index contributed by atoms with van der Waals surface area (Å²) >= 11 is 0. The Morgan fingerprint density at radius 1 is 1.22 bits per heavy atom. The third kappa shape index (κ3) is 4.27. The maximum Gasteiger partial charge on any atom is 0.223 e. The van der Waals surface area contributed by atoms with Gasteiger partial charge in [-0.25, -0.2) is 0 Å². The van der Waals surface area contributed by atoms with Gasteiger partial charge in [-0.2, -0.15) is 0 Å². The van der Waals surface area contributed by atoms with E-state index in [-0.39, 0.29) is 5.92 Å². The second-order valence-electron chi connectivity index (χ2n) is 6.24. The van der Waals surface area contributed by atoms with E-state index < -0.39 is 0 Å². The topological polar surface area (TPSA) is 41.1 Å². The molecule has 0 aromatic heterocycles. The molecule has 0 spiro atoms. The lowest BCUT2D eigenvalue weighted by atomic mass is 9.81. The molecule has 2 atom stereocenters. The van der Waals surface area contributed by atoms with Crippen LogP contribution < -0.4 is 10.6 Å². The Morgan fingerprint density at radius 3 is 2.72 bits per heavy atom. The average Bonchev–Trinajstić information content (AvgIpc) is 2.40. The summed E-state index contributed by atoms with van der Waals surface area (Å²) in [5.41, 5.74) is 0. The third-order valence-corrected chi connectivity index (χ3v) is 4.61. The van der Waals surface area contributed by atoms with Crippen LogP contribution in [0.3, 0.4) is 0 Å². The van der Waals surface area contributed by atoms with Crippen LogP contribution >= 0.6 is 0 Å². The van der Waals surface area contributed by atoms with Gasteiger partial charge in [0.15, 0.2) is 0 Å². The Hall–Kier alpha value is -0.570. The molecule has 2 fully saturated rings. The molecule has 0 bridgehead atoms.